The number of hydrogen-bond acceptors (Lipinski definition) is 5. The van der Waals surface area contributed by atoms with Gasteiger partial charge in [-0.05, 0) is 20.0 Å². The van der Waals surface area contributed by atoms with Gasteiger partial charge in [0, 0.05) is 27.7 Å². The average Bonchev–Trinajstić information content (AvgIpc) is 2.81. The minimum Gasteiger partial charge on any atom is -0.374 e. The molecule has 1 fully saturated rings. The van der Waals surface area contributed by atoms with Gasteiger partial charge < -0.3 is 14.0 Å². The maximum absolute atomic E-state index is 12.0. The van der Waals surface area contributed by atoms with Crippen LogP contribution in [0.3, 0.4) is 0 Å². The van der Waals surface area contributed by atoms with Crippen molar-refractivity contribution < 1.29 is 14.0 Å². The quantitative estimate of drug-likeness (QED) is 0.812. The molecule has 0 radical (unpaired) electrons. The molecule has 0 amide bonds. The lowest BCUT2D eigenvalue weighted by Gasteiger charge is -2.23. The molecule has 118 valence electrons. The summed E-state index contributed by atoms with van der Waals surface area (Å²) in [5, 5.41) is 0. The van der Waals surface area contributed by atoms with Crippen molar-refractivity contribution in [2.24, 2.45) is 0 Å². The fraction of sp³-hybridized carbons (Fsp3) is 0.692. The number of aryl methyl sites for hydroxylation is 1. The highest BCUT2D eigenvalue weighted by atomic mass is 31.1. The van der Waals surface area contributed by atoms with Crippen LogP contribution in [0, 0.1) is 6.92 Å². The smallest absolute Gasteiger partial charge is 0.330 e. The predicted molar refractivity (Wildman–Crippen MR) is 80.2 cm³/mol. The zero-order chi connectivity index (χ0) is 15.6. The number of nitrogens with one attached hydrogen (secondary N) is 1. The molecule has 1 N–H and O–H groups in total. The Morgan fingerprint density at radius 2 is 2.14 bits per heavy atom. The highest BCUT2D eigenvalue weighted by Crippen LogP contribution is 2.36. The molecular formula is C13H21N2O5P. The van der Waals surface area contributed by atoms with E-state index >= 15 is 0 Å². The lowest BCUT2D eigenvalue weighted by molar-refractivity contribution is -0.0537. The van der Waals surface area contributed by atoms with Crippen LogP contribution in [0.15, 0.2) is 15.8 Å². The van der Waals surface area contributed by atoms with Crippen LogP contribution in [0.25, 0.3) is 0 Å². The van der Waals surface area contributed by atoms with E-state index in [1.54, 1.807) is 14.0 Å². The highest BCUT2D eigenvalue weighted by molar-refractivity contribution is 7.31. The first kappa shape index (κ1) is 16.4. The van der Waals surface area contributed by atoms with E-state index in [9.17, 15) is 9.59 Å². The van der Waals surface area contributed by atoms with Crippen molar-refractivity contribution in [1.29, 1.82) is 0 Å². The monoisotopic (exact) mass is 316 g/mol. The molecule has 0 saturated carbocycles. The minimum atomic E-state index is -0.607. The van der Waals surface area contributed by atoms with Crippen LogP contribution in [-0.2, 0) is 14.0 Å². The first-order valence-corrected chi connectivity index (χ1v) is 8.27. The summed E-state index contributed by atoms with van der Waals surface area (Å²) in [6.45, 7) is 5.57. The first-order chi connectivity index (χ1) is 10.0. The molecule has 1 saturated heterocycles. The molecule has 0 aromatic carbocycles. The second-order valence-electron chi connectivity index (χ2n) is 4.94. The fourth-order valence-electron chi connectivity index (χ4n) is 2.56. The molecule has 0 aliphatic carbocycles. The third-order valence-corrected chi connectivity index (χ3v) is 4.14. The SMILES string of the molecule is CC[C@H]1O[C@H](n2cc(C)c(=O)[nH]c2=O)[C@@H](OC)C1OPC. The molecule has 1 aliphatic heterocycles. The maximum atomic E-state index is 12.0. The van der Waals surface area contributed by atoms with E-state index in [1.807, 2.05) is 13.6 Å². The van der Waals surface area contributed by atoms with Gasteiger partial charge in [-0.1, -0.05) is 6.92 Å². The third-order valence-electron chi connectivity index (χ3n) is 3.63. The van der Waals surface area contributed by atoms with E-state index in [2.05, 4.69) is 4.98 Å². The molecule has 1 aliphatic rings. The zero-order valence-electron chi connectivity index (χ0n) is 12.6. The number of rotatable bonds is 5. The Bertz CT molecular complexity index is 599. The Labute approximate surface area is 124 Å². The maximum Gasteiger partial charge on any atom is 0.330 e. The van der Waals surface area contributed by atoms with E-state index < -0.39 is 23.6 Å². The summed E-state index contributed by atoms with van der Waals surface area (Å²) in [6, 6.07) is 0. The minimum absolute atomic E-state index is 0.147. The van der Waals surface area contributed by atoms with Gasteiger partial charge in [0.25, 0.3) is 5.56 Å². The first-order valence-electron chi connectivity index (χ1n) is 6.86. The van der Waals surface area contributed by atoms with Gasteiger partial charge in [-0.15, -0.1) is 0 Å². The van der Waals surface area contributed by atoms with E-state index in [1.165, 1.54) is 10.8 Å². The molecule has 7 nitrogen and oxygen atoms in total. The summed E-state index contributed by atoms with van der Waals surface area (Å²) in [6.07, 6.45) is 0.873. The van der Waals surface area contributed by atoms with Crippen molar-refractivity contribution in [3.8, 4) is 0 Å². The number of aromatic nitrogens is 2. The number of ether oxygens (including phenoxy) is 2. The number of methoxy groups -OCH3 is 1. The Hall–Kier alpha value is -1.01. The Morgan fingerprint density at radius 3 is 2.71 bits per heavy atom. The largest absolute Gasteiger partial charge is 0.374 e. The number of nitrogens with zero attached hydrogens (tertiary/aromatic N) is 1. The van der Waals surface area contributed by atoms with Crippen LogP contribution in [0.4, 0.5) is 0 Å². The van der Waals surface area contributed by atoms with Crippen LogP contribution in [0.1, 0.15) is 25.1 Å². The topological polar surface area (TPSA) is 82.6 Å². The lowest BCUT2D eigenvalue weighted by atomic mass is 10.1. The predicted octanol–water partition coefficient (Wildman–Crippen LogP) is 0.776. The van der Waals surface area contributed by atoms with E-state index in [-0.39, 0.29) is 12.2 Å². The second-order valence-corrected chi connectivity index (χ2v) is 5.58. The summed E-state index contributed by atoms with van der Waals surface area (Å²) in [7, 11) is 1.87. The van der Waals surface area contributed by atoms with Gasteiger partial charge in [-0.25, -0.2) is 4.79 Å². The Kier molecular flexibility index (Phi) is 5.32. The molecule has 0 bridgehead atoms. The second kappa shape index (κ2) is 6.83. The molecule has 5 atom stereocenters. The molecule has 2 rings (SSSR count). The third kappa shape index (κ3) is 3.11. The van der Waals surface area contributed by atoms with Gasteiger partial charge in [-0.2, -0.15) is 0 Å². The van der Waals surface area contributed by atoms with E-state index in [0.717, 1.165) is 6.42 Å². The number of H-pyrrole nitrogens is 1. The average molecular weight is 316 g/mol. The summed E-state index contributed by atoms with van der Waals surface area (Å²) in [5.74, 6) is 0. The molecule has 2 heterocycles. The molecule has 0 spiro atoms. The fourth-order valence-corrected chi connectivity index (χ4v) is 3.12. The number of aromatic amines is 1. The van der Waals surface area contributed by atoms with Crippen LogP contribution in [0.2, 0.25) is 0 Å². The van der Waals surface area contributed by atoms with Crippen molar-refractivity contribution in [2.45, 2.75) is 44.8 Å². The van der Waals surface area contributed by atoms with Crippen LogP contribution >= 0.6 is 8.81 Å². The van der Waals surface area contributed by atoms with Crippen LogP contribution in [0.5, 0.6) is 0 Å². The Morgan fingerprint density at radius 1 is 1.43 bits per heavy atom. The van der Waals surface area contributed by atoms with Crippen molar-refractivity contribution in [3.63, 3.8) is 0 Å². The van der Waals surface area contributed by atoms with Gasteiger partial charge >= 0.3 is 5.69 Å². The van der Waals surface area contributed by atoms with Crippen LogP contribution < -0.4 is 11.2 Å². The molecule has 21 heavy (non-hydrogen) atoms. The standard InChI is InChI=1S/C13H21N2O5P/c1-5-8-9(20-21-4)10(18-3)12(19-8)15-6-7(2)11(16)14-13(15)17/h6,8-10,12,21H,5H2,1-4H3,(H,14,16,17)/t8-,9?,10+,12+/m1/s1. The van der Waals surface area contributed by atoms with Crippen LogP contribution in [-0.4, -0.2) is 41.6 Å². The lowest BCUT2D eigenvalue weighted by Crippen LogP contribution is -2.39. The van der Waals surface area contributed by atoms with Crippen molar-refractivity contribution in [3.05, 3.63) is 32.6 Å². The zero-order valence-corrected chi connectivity index (χ0v) is 13.6. The Balaban J connectivity index is 2.41. The molecule has 2 unspecified atom stereocenters. The molecule has 1 aromatic rings. The van der Waals surface area contributed by atoms with E-state index in [4.69, 9.17) is 14.0 Å². The van der Waals surface area contributed by atoms with Crippen molar-refractivity contribution in [2.75, 3.05) is 13.8 Å². The van der Waals surface area contributed by atoms with Gasteiger partial charge in [0.05, 0.1) is 6.10 Å². The summed E-state index contributed by atoms with van der Waals surface area (Å²) < 4.78 is 18.6. The summed E-state index contributed by atoms with van der Waals surface area (Å²) in [4.78, 5) is 25.8. The normalized spacial score (nSPS) is 29.5. The van der Waals surface area contributed by atoms with Gasteiger partial charge in [0.15, 0.2) is 6.23 Å². The summed E-state index contributed by atoms with van der Waals surface area (Å²) in [5.41, 5.74) is -0.451. The van der Waals surface area contributed by atoms with Gasteiger partial charge in [0.2, 0.25) is 0 Å². The molecule has 1 aromatic heterocycles. The van der Waals surface area contributed by atoms with Gasteiger partial charge in [-0.3, -0.25) is 14.3 Å². The molecular weight excluding hydrogens is 295 g/mol. The van der Waals surface area contributed by atoms with Crippen molar-refractivity contribution in [1.82, 2.24) is 9.55 Å². The molecule has 8 heteroatoms. The van der Waals surface area contributed by atoms with E-state index in [0.29, 0.717) is 14.4 Å². The highest BCUT2D eigenvalue weighted by Gasteiger charge is 2.46. The van der Waals surface area contributed by atoms with Crippen molar-refractivity contribution >= 4 is 8.81 Å². The number of hydrogen-bond donors (Lipinski definition) is 1. The van der Waals surface area contributed by atoms with Gasteiger partial charge in [0.1, 0.15) is 12.2 Å². The summed E-state index contributed by atoms with van der Waals surface area (Å²) >= 11 is 0.